The highest BCUT2D eigenvalue weighted by Crippen LogP contribution is 2.46. The second-order valence-electron chi connectivity index (χ2n) is 18.5. The van der Waals surface area contributed by atoms with Gasteiger partial charge in [0.15, 0.2) is 0 Å². The Labute approximate surface area is 420 Å². The van der Waals surface area contributed by atoms with E-state index >= 15 is 0 Å². The lowest BCUT2D eigenvalue weighted by molar-refractivity contribution is 1.18. The first-order valence-corrected chi connectivity index (χ1v) is 24.7. The molecule has 1 aromatic heterocycles. The first-order valence-electron chi connectivity index (χ1n) is 24.7. The summed E-state index contributed by atoms with van der Waals surface area (Å²) in [7, 11) is 0. The number of hydrogen-bond acceptors (Lipinski definition) is 1. The number of nitrogens with zero attached hydrogens (tertiary/aromatic N) is 2. The quantitative estimate of drug-likeness (QED) is 0.133. The molecule has 13 aromatic rings. The molecule has 0 N–H and O–H groups in total. The van der Waals surface area contributed by atoms with Gasteiger partial charge in [0.2, 0.25) is 0 Å². The third kappa shape index (κ3) is 7.82. The molecule has 0 aliphatic rings. The lowest BCUT2D eigenvalue weighted by Crippen LogP contribution is -2.11. The highest BCUT2D eigenvalue weighted by atomic mass is 15.1. The van der Waals surface area contributed by atoms with Gasteiger partial charge in [-0.2, -0.15) is 0 Å². The Kier molecular flexibility index (Phi) is 10.9. The molecule has 13 rings (SSSR count). The Morgan fingerprint density at radius 3 is 1.21 bits per heavy atom. The van der Waals surface area contributed by atoms with E-state index in [1.165, 1.54) is 88.2 Å². The molecule has 0 spiro atoms. The summed E-state index contributed by atoms with van der Waals surface area (Å²) in [5.41, 5.74) is 21.0. The van der Waals surface area contributed by atoms with E-state index < -0.39 is 0 Å². The van der Waals surface area contributed by atoms with Crippen molar-refractivity contribution in [3.63, 3.8) is 0 Å². The average Bonchev–Trinajstić information content (AvgIpc) is 3.80. The summed E-state index contributed by atoms with van der Waals surface area (Å²) in [4.78, 5) is 2.41. The largest absolute Gasteiger partial charge is 0.310 e. The molecule has 0 atom stereocenters. The fraction of sp³-hybridized carbons (Fsp3) is 0. The van der Waals surface area contributed by atoms with Crippen LogP contribution < -0.4 is 4.90 Å². The van der Waals surface area contributed by atoms with E-state index in [-0.39, 0.29) is 0 Å². The van der Waals surface area contributed by atoms with E-state index in [4.69, 9.17) is 0 Å². The van der Waals surface area contributed by atoms with Gasteiger partial charge in [-0.1, -0.05) is 231 Å². The predicted octanol–water partition coefficient (Wildman–Crippen LogP) is 19.4. The number of anilines is 3. The predicted molar refractivity (Wildman–Crippen MR) is 306 cm³/mol. The second kappa shape index (κ2) is 18.4. The van der Waals surface area contributed by atoms with Crippen molar-refractivity contribution in [1.29, 1.82) is 0 Å². The van der Waals surface area contributed by atoms with Crippen molar-refractivity contribution in [3.8, 4) is 72.4 Å². The monoisotopic (exact) mass is 916 g/mol. The van der Waals surface area contributed by atoms with Gasteiger partial charge in [-0.3, -0.25) is 0 Å². The summed E-state index contributed by atoms with van der Waals surface area (Å²) >= 11 is 0. The zero-order valence-electron chi connectivity index (χ0n) is 39.6. The van der Waals surface area contributed by atoms with Crippen LogP contribution in [0, 0.1) is 0 Å². The van der Waals surface area contributed by atoms with Crippen molar-refractivity contribution in [2.75, 3.05) is 4.90 Å². The van der Waals surface area contributed by atoms with Crippen molar-refractivity contribution in [1.82, 2.24) is 4.57 Å². The normalized spacial score (nSPS) is 11.3. The number of hydrogen-bond donors (Lipinski definition) is 0. The molecular formula is C70H48N2. The second-order valence-corrected chi connectivity index (χ2v) is 18.5. The maximum absolute atomic E-state index is 2.41. The van der Waals surface area contributed by atoms with E-state index in [2.05, 4.69) is 301 Å². The summed E-state index contributed by atoms with van der Waals surface area (Å²) in [5, 5.41) is 5.03. The average molecular weight is 917 g/mol. The topological polar surface area (TPSA) is 8.17 Å². The fourth-order valence-electron chi connectivity index (χ4n) is 10.7. The minimum absolute atomic E-state index is 1.07. The summed E-state index contributed by atoms with van der Waals surface area (Å²) < 4.78 is 2.37. The van der Waals surface area contributed by atoms with Crippen LogP contribution in [0.4, 0.5) is 17.1 Å². The number of para-hydroxylation sites is 3. The van der Waals surface area contributed by atoms with Gasteiger partial charge >= 0.3 is 0 Å². The van der Waals surface area contributed by atoms with Crippen molar-refractivity contribution in [3.05, 3.63) is 291 Å². The molecule has 0 aliphatic carbocycles. The molecule has 12 aromatic carbocycles. The Balaban J connectivity index is 0.883. The molecule has 0 saturated carbocycles. The van der Waals surface area contributed by atoms with Crippen molar-refractivity contribution in [2.45, 2.75) is 0 Å². The highest BCUT2D eigenvalue weighted by Gasteiger charge is 2.21. The van der Waals surface area contributed by atoms with Crippen LogP contribution in [0.2, 0.25) is 0 Å². The van der Waals surface area contributed by atoms with Gasteiger partial charge in [-0.25, -0.2) is 0 Å². The molecular weight excluding hydrogens is 869 g/mol. The Hall–Kier alpha value is -9.50. The summed E-state index contributed by atoms with van der Waals surface area (Å²) in [6.07, 6.45) is 0. The molecule has 0 unspecified atom stereocenters. The van der Waals surface area contributed by atoms with Gasteiger partial charge in [0.1, 0.15) is 0 Å². The third-order valence-electron chi connectivity index (χ3n) is 14.3. The van der Waals surface area contributed by atoms with E-state index in [1.54, 1.807) is 0 Å². The molecule has 338 valence electrons. The Morgan fingerprint density at radius 2 is 0.625 bits per heavy atom. The van der Waals surface area contributed by atoms with E-state index in [1.807, 2.05) is 0 Å². The van der Waals surface area contributed by atoms with Crippen LogP contribution in [0.3, 0.4) is 0 Å². The lowest BCUT2D eigenvalue weighted by atomic mass is 9.88. The molecule has 0 saturated heterocycles. The lowest BCUT2D eigenvalue weighted by Gasteiger charge is -2.29. The van der Waals surface area contributed by atoms with Gasteiger partial charge < -0.3 is 9.47 Å². The highest BCUT2D eigenvalue weighted by molar-refractivity contribution is 6.09. The molecule has 2 nitrogen and oxygen atoms in total. The molecule has 0 aliphatic heterocycles. The van der Waals surface area contributed by atoms with Crippen LogP contribution >= 0.6 is 0 Å². The Morgan fingerprint density at radius 1 is 0.236 bits per heavy atom. The first kappa shape index (κ1) is 42.6. The van der Waals surface area contributed by atoms with Crippen LogP contribution in [0.5, 0.6) is 0 Å². The van der Waals surface area contributed by atoms with Crippen LogP contribution in [-0.4, -0.2) is 4.57 Å². The zero-order chi connectivity index (χ0) is 47.8. The van der Waals surface area contributed by atoms with Gasteiger partial charge in [0, 0.05) is 33.4 Å². The number of aromatic nitrogens is 1. The molecule has 0 fully saturated rings. The van der Waals surface area contributed by atoms with Crippen molar-refractivity contribution >= 4 is 49.6 Å². The molecule has 0 amide bonds. The molecule has 2 heteroatoms. The SMILES string of the molecule is c1ccc(-c2ccccc2-c2ccccc2-c2ccccc2N(c2ccc(-c3ccc(-c4ccc5ccccc5c4)cc3)cc2)c2ccc(-c3ccc(-n4c5ccccc5c5ccccc54)cc3)cc2)cc1. The zero-order valence-corrected chi connectivity index (χ0v) is 39.6. The summed E-state index contributed by atoms with van der Waals surface area (Å²) in [5.74, 6) is 0. The van der Waals surface area contributed by atoms with Gasteiger partial charge in [0.05, 0.1) is 16.7 Å². The number of fused-ring (bicyclic) bond motifs is 4. The minimum atomic E-state index is 1.07. The van der Waals surface area contributed by atoms with Crippen LogP contribution in [-0.2, 0) is 0 Å². The van der Waals surface area contributed by atoms with E-state index in [9.17, 15) is 0 Å². The molecule has 0 bridgehead atoms. The molecule has 72 heavy (non-hydrogen) atoms. The minimum Gasteiger partial charge on any atom is -0.310 e. The number of rotatable bonds is 10. The number of benzene rings is 12. The van der Waals surface area contributed by atoms with Crippen LogP contribution in [0.15, 0.2) is 291 Å². The molecule has 1 heterocycles. The van der Waals surface area contributed by atoms with E-state index in [0.717, 1.165) is 33.9 Å². The van der Waals surface area contributed by atoms with E-state index in [0.29, 0.717) is 0 Å². The van der Waals surface area contributed by atoms with Crippen molar-refractivity contribution < 1.29 is 0 Å². The van der Waals surface area contributed by atoms with Crippen LogP contribution in [0.25, 0.3) is 105 Å². The maximum Gasteiger partial charge on any atom is 0.0541 e. The smallest absolute Gasteiger partial charge is 0.0541 e. The Bertz CT molecular complexity index is 4000. The molecule has 0 radical (unpaired) electrons. The van der Waals surface area contributed by atoms with Gasteiger partial charge in [-0.15, -0.1) is 0 Å². The summed E-state index contributed by atoms with van der Waals surface area (Å²) in [6.45, 7) is 0. The fourth-order valence-corrected chi connectivity index (χ4v) is 10.7. The first-order chi connectivity index (χ1) is 35.7. The van der Waals surface area contributed by atoms with Crippen molar-refractivity contribution in [2.24, 2.45) is 0 Å². The summed E-state index contributed by atoms with van der Waals surface area (Å²) in [6, 6.07) is 106. The standard InChI is InChI=1S/C70H48N2/c1-2-17-55(18-3-1)61-20-6-7-21-62(61)63-22-8-9-23-64(63)65-24-10-13-27-68(65)71(58-42-36-51(37-43-58)50-30-32-54(33-31-50)57-35-34-49-16-4-5-19-56(49)48-57)59-44-38-52(39-45-59)53-40-46-60(47-41-53)72-69-28-14-11-25-66(69)67-26-12-15-29-70(67)72/h1-48H. The van der Waals surface area contributed by atoms with Gasteiger partial charge in [-0.05, 0) is 133 Å². The third-order valence-corrected chi connectivity index (χ3v) is 14.3. The maximum atomic E-state index is 2.41. The van der Waals surface area contributed by atoms with Crippen LogP contribution in [0.1, 0.15) is 0 Å². The van der Waals surface area contributed by atoms with Gasteiger partial charge in [0.25, 0.3) is 0 Å².